The Bertz CT molecular complexity index is 342. The molecular formula is C13H17NO. The normalized spacial score (nSPS) is 34.5. The molecule has 0 aromatic carbocycles. The Balaban J connectivity index is 1.79. The first-order chi connectivity index (χ1) is 7.38. The molecule has 2 fully saturated rings. The number of carbonyl (C=O) groups excluding carboxylic acids is 1. The van der Waals surface area contributed by atoms with Gasteiger partial charge in [-0.15, -0.1) is 0 Å². The summed E-state index contributed by atoms with van der Waals surface area (Å²) >= 11 is 0. The van der Waals surface area contributed by atoms with Crippen LogP contribution in [0, 0.1) is 5.92 Å². The highest BCUT2D eigenvalue weighted by Crippen LogP contribution is 2.40. The molecule has 2 heterocycles. The van der Waals surface area contributed by atoms with Crippen molar-refractivity contribution in [3.63, 3.8) is 0 Å². The molecule has 2 aliphatic heterocycles. The van der Waals surface area contributed by atoms with E-state index in [0.717, 1.165) is 19.4 Å². The minimum absolute atomic E-state index is 0.246. The smallest absolute Gasteiger partial charge is 0.232 e. The second-order valence-electron chi connectivity index (χ2n) is 4.78. The third kappa shape index (κ3) is 1.35. The maximum absolute atomic E-state index is 12.0. The Kier molecular flexibility index (Phi) is 2.15. The van der Waals surface area contributed by atoms with Gasteiger partial charge in [0.25, 0.3) is 0 Å². The van der Waals surface area contributed by atoms with Crippen molar-refractivity contribution in [1.82, 2.24) is 4.90 Å². The van der Waals surface area contributed by atoms with Crippen LogP contribution in [0.4, 0.5) is 0 Å². The molecule has 2 atom stereocenters. The van der Waals surface area contributed by atoms with Crippen LogP contribution in [0.15, 0.2) is 23.8 Å². The lowest BCUT2D eigenvalue weighted by Gasteiger charge is -2.51. The number of rotatable bonds is 1. The fourth-order valence-electron chi connectivity index (χ4n) is 3.12. The Labute approximate surface area is 90.6 Å². The van der Waals surface area contributed by atoms with E-state index >= 15 is 0 Å². The van der Waals surface area contributed by atoms with E-state index in [2.05, 4.69) is 23.1 Å². The third-order valence-electron chi connectivity index (χ3n) is 3.93. The first kappa shape index (κ1) is 9.20. The molecular weight excluding hydrogens is 186 g/mol. The van der Waals surface area contributed by atoms with Crippen LogP contribution in [0.1, 0.15) is 32.1 Å². The van der Waals surface area contributed by atoms with Crippen LogP contribution in [0.2, 0.25) is 0 Å². The van der Waals surface area contributed by atoms with Crippen LogP contribution in [-0.2, 0) is 4.79 Å². The van der Waals surface area contributed by atoms with Crippen molar-refractivity contribution in [2.45, 2.75) is 38.1 Å². The monoisotopic (exact) mass is 203 g/mol. The Morgan fingerprint density at radius 2 is 2.27 bits per heavy atom. The van der Waals surface area contributed by atoms with Gasteiger partial charge in [-0.25, -0.2) is 0 Å². The molecule has 2 saturated heterocycles. The van der Waals surface area contributed by atoms with E-state index < -0.39 is 0 Å². The number of amides is 1. The summed E-state index contributed by atoms with van der Waals surface area (Å²) in [6.07, 6.45) is 12.4. The van der Waals surface area contributed by atoms with E-state index in [9.17, 15) is 4.79 Å². The second-order valence-corrected chi connectivity index (χ2v) is 4.78. The first-order valence-electron chi connectivity index (χ1n) is 6.04. The van der Waals surface area contributed by atoms with E-state index in [1.807, 2.05) is 0 Å². The summed E-state index contributed by atoms with van der Waals surface area (Å²) in [6.45, 7) is 1.00. The van der Waals surface area contributed by atoms with Crippen LogP contribution < -0.4 is 0 Å². The largest absolute Gasteiger partial charge is 0.338 e. The summed E-state index contributed by atoms with van der Waals surface area (Å²) in [6, 6.07) is 0.545. The molecule has 3 rings (SSSR count). The van der Waals surface area contributed by atoms with Crippen molar-refractivity contribution >= 4 is 5.91 Å². The van der Waals surface area contributed by atoms with Gasteiger partial charge in [0.2, 0.25) is 5.91 Å². The van der Waals surface area contributed by atoms with Crippen LogP contribution in [-0.4, -0.2) is 23.4 Å². The van der Waals surface area contributed by atoms with Crippen molar-refractivity contribution < 1.29 is 4.79 Å². The predicted octanol–water partition coefficient (Wildman–Crippen LogP) is 2.27. The standard InChI is InChI=1S/C13H17NO/c15-13-12(10-6-2-1-3-7-10)11-8-4-5-9-14(11)13/h1-2,6,11-12H,3-5,7-9H2/t11-,12-/m0/s1. The van der Waals surface area contributed by atoms with E-state index in [1.54, 1.807) is 0 Å². The Morgan fingerprint density at radius 3 is 3.07 bits per heavy atom. The second kappa shape index (κ2) is 3.51. The Hall–Kier alpha value is -1.05. The van der Waals surface area contributed by atoms with Crippen LogP contribution in [0.5, 0.6) is 0 Å². The summed E-state index contributed by atoms with van der Waals surface area (Å²) < 4.78 is 0. The molecule has 1 amide bonds. The highest BCUT2D eigenvalue weighted by atomic mass is 16.2. The van der Waals surface area contributed by atoms with Gasteiger partial charge >= 0.3 is 0 Å². The van der Waals surface area contributed by atoms with E-state index in [4.69, 9.17) is 0 Å². The molecule has 0 aromatic rings. The SMILES string of the molecule is O=C1[C@@H](C2=CC=CCC2)[C@@H]2CCCCN12. The van der Waals surface area contributed by atoms with E-state index in [1.165, 1.54) is 24.8 Å². The molecule has 0 N–H and O–H groups in total. The van der Waals surface area contributed by atoms with Crippen molar-refractivity contribution in [2.24, 2.45) is 5.92 Å². The maximum Gasteiger partial charge on any atom is 0.232 e. The average molecular weight is 203 g/mol. The average Bonchev–Trinajstić information content (AvgIpc) is 2.30. The zero-order chi connectivity index (χ0) is 10.3. The number of hydrogen-bond acceptors (Lipinski definition) is 1. The molecule has 1 aliphatic carbocycles. The van der Waals surface area contributed by atoms with Gasteiger partial charge in [-0.2, -0.15) is 0 Å². The topological polar surface area (TPSA) is 20.3 Å². The lowest BCUT2D eigenvalue weighted by atomic mass is 9.74. The molecule has 0 unspecified atom stereocenters. The van der Waals surface area contributed by atoms with Gasteiger partial charge in [-0.1, -0.05) is 23.8 Å². The summed E-state index contributed by atoms with van der Waals surface area (Å²) in [5.74, 6) is 0.636. The molecule has 2 heteroatoms. The molecule has 15 heavy (non-hydrogen) atoms. The molecule has 3 aliphatic rings. The Morgan fingerprint density at radius 1 is 1.33 bits per heavy atom. The number of piperidine rings is 1. The van der Waals surface area contributed by atoms with Crippen LogP contribution >= 0.6 is 0 Å². The highest BCUT2D eigenvalue weighted by Gasteiger charge is 2.48. The summed E-state index contributed by atoms with van der Waals surface area (Å²) in [4.78, 5) is 14.0. The molecule has 0 saturated carbocycles. The summed E-state index contributed by atoms with van der Waals surface area (Å²) in [7, 11) is 0. The number of hydrogen-bond donors (Lipinski definition) is 0. The van der Waals surface area contributed by atoms with Gasteiger partial charge < -0.3 is 4.90 Å². The fourth-order valence-corrected chi connectivity index (χ4v) is 3.12. The minimum Gasteiger partial charge on any atom is -0.338 e. The van der Waals surface area contributed by atoms with Crippen molar-refractivity contribution in [3.8, 4) is 0 Å². The van der Waals surface area contributed by atoms with Crippen molar-refractivity contribution in [1.29, 1.82) is 0 Å². The number of carbonyl (C=O) groups is 1. The summed E-state index contributed by atoms with van der Waals surface area (Å²) in [5, 5.41) is 0. The zero-order valence-corrected chi connectivity index (χ0v) is 8.98. The quantitative estimate of drug-likeness (QED) is 0.599. The van der Waals surface area contributed by atoms with Gasteiger partial charge in [0.1, 0.15) is 0 Å². The maximum atomic E-state index is 12.0. The predicted molar refractivity (Wildman–Crippen MR) is 59.3 cm³/mol. The molecule has 0 spiro atoms. The van der Waals surface area contributed by atoms with Crippen molar-refractivity contribution in [2.75, 3.05) is 6.54 Å². The van der Waals surface area contributed by atoms with Crippen molar-refractivity contribution in [3.05, 3.63) is 23.8 Å². The molecule has 2 nitrogen and oxygen atoms in total. The fraction of sp³-hybridized carbons (Fsp3) is 0.615. The van der Waals surface area contributed by atoms with E-state index in [0.29, 0.717) is 11.9 Å². The minimum atomic E-state index is 0.246. The molecule has 0 aromatic heterocycles. The first-order valence-corrected chi connectivity index (χ1v) is 6.04. The molecule has 0 radical (unpaired) electrons. The number of fused-ring (bicyclic) bond motifs is 1. The third-order valence-corrected chi connectivity index (χ3v) is 3.93. The summed E-state index contributed by atoms with van der Waals surface area (Å²) in [5.41, 5.74) is 1.38. The molecule has 80 valence electrons. The van der Waals surface area contributed by atoms with Gasteiger partial charge in [-0.3, -0.25) is 4.79 Å². The van der Waals surface area contributed by atoms with Gasteiger partial charge in [0.05, 0.1) is 5.92 Å². The van der Waals surface area contributed by atoms with E-state index in [-0.39, 0.29) is 5.92 Å². The lowest BCUT2D eigenvalue weighted by Crippen LogP contribution is -2.63. The number of β-lactam (4-membered cyclic amide) rings is 1. The molecule has 0 bridgehead atoms. The number of nitrogens with zero attached hydrogens (tertiary/aromatic N) is 1. The van der Waals surface area contributed by atoms with Gasteiger partial charge in [0, 0.05) is 12.6 Å². The van der Waals surface area contributed by atoms with Gasteiger partial charge in [-0.05, 0) is 32.1 Å². The van der Waals surface area contributed by atoms with Crippen LogP contribution in [0.25, 0.3) is 0 Å². The number of allylic oxidation sites excluding steroid dienone is 3. The zero-order valence-electron chi connectivity index (χ0n) is 8.98. The lowest BCUT2D eigenvalue weighted by molar-refractivity contribution is -0.156. The highest BCUT2D eigenvalue weighted by molar-refractivity contribution is 5.89. The van der Waals surface area contributed by atoms with Crippen LogP contribution in [0.3, 0.4) is 0 Å². The van der Waals surface area contributed by atoms with Gasteiger partial charge in [0.15, 0.2) is 0 Å².